The van der Waals surface area contributed by atoms with E-state index in [4.69, 9.17) is 0 Å². The normalized spacial score (nSPS) is 11.7. The molecule has 0 atom stereocenters. The standard InChI is InChI=1S/C21H31GeP2/c1-6-23(7-2)20-16-12-10-14-18(20)22(5)19-15-11-13-17-21(19)24(8-3)9-4/h10-17H,6-9H2,1-5H3. The molecule has 0 amide bonds. The zero-order valence-electron chi connectivity index (χ0n) is 15.8. The molecule has 2 rings (SSSR count). The van der Waals surface area contributed by atoms with E-state index in [9.17, 15) is 0 Å². The average Bonchev–Trinajstić information content (AvgIpc) is 2.64. The average molecular weight is 418 g/mol. The summed E-state index contributed by atoms with van der Waals surface area (Å²) in [6, 6.07) is 18.8. The summed E-state index contributed by atoms with van der Waals surface area (Å²) in [5.41, 5.74) is 0. The summed E-state index contributed by atoms with van der Waals surface area (Å²) in [5, 5.41) is 3.39. The van der Waals surface area contributed by atoms with Gasteiger partial charge < -0.3 is 0 Å². The van der Waals surface area contributed by atoms with Crippen molar-refractivity contribution in [2.45, 2.75) is 33.5 Å². The first kappa shape index (κ1) is 20.2. The first-order valence-electron chi connectivity index (χ1n) is 9.20. The molecule has 0 heterocycles. The van der Waals surface area contributed by atoms with E-state index in [1.165, 1.54) is 24.6 Å². The molecule has 0 aliphatic rings. The molecular weight excluding hydrogens is 387 g/mol. The van der Waals surface area contributed by atoms with Crippen LogP contribution in [0.1, 0.15) is 27.7 Å². The zero-order chi connectivity index (χ0) is 17.5. The van der Waals surface area contributed by atoms with E-state index in [1.807, 2.05) is 0 Å². The fourth-order valence-electron chi connectivity index (χ4n) is 3.41. The van der Waals surface area contributed by atoms with Crippen molar-refractivity contribution in [2.24, 2.45) is 0 Å². The molecule has 0 saturated carbocycles. The Kier molecular flexibility index (Phi) is 8.49. The molecule has 0 unspecified atom stereocenters. The van der Waals surface area contributed by atoms with Crippen molar-refractivity contribution in [3.8, 4) is 0 Å². The molecule has 0 N–H and O–H groups in total. The molecule has 129 valence electrons. The van der Waals surface area contributed by atoms with Gasteiger partial charge in [0.25, 0.3) is 0 Å². The van der Waals surface area contributed by atoms with Crippen molar-refractivity contribution in [1.29, 1.82) is 0 Å². The Morgan fingerprint density at radius 3 is 1.29 bits per heavy atom. The van der Waals surface area contributed by atoms with Crippen LogP contribution in [-0.4, -0.2) is 39.0 Å². The van der Waals surface area contributed by atoms with E-state index in [0.29, 0.717) is 0 Å². The third-order valence-electron chi connectivity index (χ3n) is 4.82. The van der Waals surface area contributed by atoms with E-state index < -0.39 is 14.3 Å². The van der Waals surface area contributed by atoms with Crippen molar-refractivity contribution in [3.63, 3.8) is 0 Å². The summed E-state index contributed by atoms with van der Waals surface area (Å²) >= 11 is -1.46. The Morgan fingerprint density at radius 1 is 0.625 bits per heavy atom. The van der Waals surface area contributed by atoms with Gasteiger partial charge in [-0.25, -0.2) is 0 Å². The zero-order valence-corrected chi connectivity index (χ0v) is 19.7. The first-order chi connectivity index (χ1) is 11.7. The van der Waals surface area contributed by atoms with Crippen LogP contribution < -0.4 is 19.4 Å². The minimum atomic E-state index is -1.46. The molecule has 0 aromatic heterocycles. The van der Waals surface area contributed by atoms with Crippen molar-refractivity contribution in [1.82, 2.24) is 0 Å². The summed E-state index contributed by atoms with van der Waals surface area (Å²) in [6.45, 7) is 9.46. The summed E-state index contributed by atoms with van der Waals surface area (Å²) in [5.74, 6) is 2.58. The number of hydrogen-bond donors (Lipinski definition) is 0. The number of hydrogen-bond acceptors (Lipinski definition) is 0. The molecule has 0 aliphatic carbocycles. The van der Waals surface area contributed by atoms with E-state index in [0.717, 1.165) is 0 Å². The van der Waals surface area contributed by atoms with Crippen LogP contribution in [0, 0.1) is 0 Å². The van der Waals surface area contributed by atoms with Crippen molar-refractivity contribution < 1.29 is 0 Å². The maximum atomic E-state index is 2.58. The van der Waals surface area contributed by atoms with Gasteiger partial charge in [0.2, 0.25) is 0 Å². The summed E-state index contributed by atoms with van der Waals surface area (Å²) < 4.78 is 3.45. The third-order valence-corrected chi connectivity index (χ3v) is 16.1. The molecule has 3 heteroatoms. The number of rotatable bonds is 8. The van der Waals surface area contributed by atoms with E-state index in [2.05, 4.69) is 82.0 Å². The fraction of sp³-hybridized carbons (Fsp3) is 0.429. The van der Waals surface area contributed by atoms with Gasteiger partial charge in [-0.3, -0.25) is 0 Å². The Bertz CT molecular complexity index is 578. The molecule has 0 aliphatic heterocycles. The predicted octanol–water partition coefficient (Wildman–Crippen LogP) is 4.22. The molecular formula is C21H31GeP2. The van der Waals surface area contributed by atoms with Crippen LogP contribution in [0.4, 0.5) is 0 Å². The van der Waals surface area contributed by atoms with Crippen LogP contribution in [0.2, 0.25) is 5.76 Å². The van der Waals surface area contributed by atoms with Crippen LogP contribution >= 0.6 is 15.8 Å². The molecule has 0 bridgehead atoms. The van der Waals surface area contributed by atoms with Gasteiger partial charge >= 0.3 is 156 Å². The van der Waals surface area contributed by atoms with Gasteiger partial charge in [0.15, 0.2) is 0 Å². The second-order valence-electron chi connectivity index (χ2n) is 6.00. The van der Waals surface area contributed by atoms with Crippen molar-refractivity contribution >= 4 is 49.6 Å². The van der Waals surface area contributed by atoms with Gasteiger partial charge in [-0.05, 0) is 0 Å². The molecule has 2 aromatic carbocycles. The quantitative estimate of drug-likeness (QED) is 0.445. The minimum absolute atomic E-state index is 0.0198. The SMILES string of the molecule is CCP(CC)c1cccc[c]1[Ge]([CH3])[c]1ccccc1P(CC)CC. The topological polar surface area (TPSA) is 0 Å². The van der Waals surface area contributed by atoms with Gasteiger partial charge in [-0.1, -0.05) is 0 Å². The van der Waals surface area contributed by atoms with E-state index in [-0.39, 0.29) is 15.8 Å². The molecule has 2 aromatic rings. The van der Waals surface area contributed by atoms with Crippen LogP contribution in [0.15, 0.2) is 48.5 Å². The number of benzene rings is 2. The molecule has 0 nitrogen and oxygen atoms in total. The van der Waals surface area contributed by atoms with Crippen LogP contribution in [-0.2, 0) is 0 Å². The maximum absolute atomic E-state index is 2.58. The van der Waals surface area contributed by atoms with Gasteiger partial charge in [-0.15, -0.1) is 0 Å². The Hall–Kier alpha value is -0.157. The van der Waals surface area contributed by atoms with Crippen LogP contribution in [0.3, 0.4) is 0 Å². The monoisotopic (exact) mass is 419 g/mol. The molecule has 0 fully saturated rings. The Balaban J connectivity index is 2.49. The van der Waals surface area contributed by atoms with Crippen LogP contribution in [0.25, 0.3) is 0 Å². The Labute approximate surface area is 156 Å². The van der Waals surface area contributed by atoms with Crippen molar-refractivity contribution in [2.75, 3.05) is 24.6 Å². The molecule has 1 radical (unpaired) electrons. The predicted molar refractivity (Wildman–Crippen MR) is 119 cm³/mol. The van der Waals surface area contributed by atoms with E-state index >= 15 is 0 Å². The summed E-state index contributed by atoms with van der Waals surface area (Å²) in [7, 11) is 0.0396. The molecule has 0 spiro atoms. The van der Waals surface area contributed by atoms with Crippen LogP contribution in [0.5, 0.6) is 0 Å². The Morgan fingerprint density at radius 2 is 0.958 bits per heavy atom. The summed E-state index contributed by atoms with van der Waals surface area (Å²) in [6.07, 6.45) is 5.25. The van der Waals surface area contributed by atoms with Gasteiger partial charge in [-0.2, -0.15) is 0 Å². The third kappa shape index (κ3) is 4.52. The summed E-state index contributed by atoms with van der Waals surface area (Å²) in [4.78, 5) is 0. The van der Waals surface area contributed by atoms with Gasteiger partial charge in [0.05, 0.1) is 0 Å². The second kappa shape index (κ2) is 10.1. The molecule has 0 saturated heterocycles. The van der Waals surface area contributed by atoms with Gasteiger partial charge in [0, 0.05) is 0 Å². The van der Waals surface area contributed by atoms with E-state index in [1.54, 1.807) is 19.4 Å². The van der Waals surface area contributed by atoms with Crippen molar-refractivity contribution in [3.05, 3.63) is 48.5 Å². The fourth-order valence-corrected chi connectivity index (χ4v) is 14.8. The molecule has 24 heavy (non-hydrogen) atoms. The second-order valence-corrected chi connectivity index (χ2v) is 16.5. The first-order valence-corrected chi connectivity index (χ1v) is 16.8. The van der Waals surface area contributed by atoms with Gasteiger partial charge in [0.1, 0.15) is 0 Å².